The van der Waals surface area contributed by atoms with Gasteiger partial charge in [-0.1, -0.05) is 58.9 Å². The molecule has 146 valence electrons. The number of anilines is 2. The number of hydrogen-bond donors (Lipinski definition) is 3. The molecular weight excluding hydrogens is 341 g/mol. The first-order chi connectivity index (χ1) is 11.9. The van der Waals surface area contributed by atoms with Gasteiger partial charge in [0, 0.05) is 11.4 Å². The molecule has 0 aliphatic rings. The molecule has 0 bridgehead atoms. The molecule has 0 aliphatic heterocycles. The van der Waals surface area contributed by atoms with Crippen molar-refractivity contribution in [3.05, 3.63) is 59.7 Å². The van der Waals surface area contributed by atoms with E-state index in [0.717, 1.165) is 17.8 Å². The lowest BCUT2D eigenvalue weighted by Crippen LogP contribution is -2.20. The molecule has 6 heteroatoms. The Morgan fingerprint density at radius 3 is 1.42 bits per heavy atom. The largest absolute Gasteiger partial charge is 0.418 e. The lowest BCUT2D eigenvalue weighted by Gasteiger charge is -2.18. The number of aliphatic hydroxyl groups is 1. The Hall–Kier alpha value is -2.21. The molecule has 2 aromatic rings. The van der Waals surface area contributed by atoms with Crippen molar-refractivity contribution >= 4 is 11.4 Å². The van der Waals surface area contributed by atoms with Crippen LogP contribution in [0.4, 0.5) is 24.5 Å². The molecule has 0 saturated heterocycles. The molecule has 0 fully saturated rings. The number of aliphatic hydroxyl groups excluding tert-OH is 1. The number of rotatable bonds is 1. The van der Waals surface area contributed by atoms with Crippen molar-refractivity contribution in [2.75, 3.05) is 11.5 Å². The van der Waals surface area contributed by atoms with Crippen LogP contribution in [0.1, 0.15) is 51.8 Å². The second-order valence-electron chi connectivity index (χ2n) is 6.48. The van der Waals surface area contributed by atoms with Gasteiger partial charge < -0.3 is 16.6 Å². The van der Waals surface area contributed by atoms with Crippen LogP contribution in [0.5, 0.6) is 0 Å². The maximum absolute atomic E-state index is 12.0. The van der Waals surface area contributed by atoms with Gasteiger partial charge in [0.05, 0.1) is 0 Å². The highest BCUT2D eigenvalue weighted by atomic mass is 19.4. The van der Waals surface area contributed by atoms with Crippen LogP contribution in [-0.2, 0) is 5.41 Å². The van der Waals surface area contributed by atoms with Crippen LogP contribution in [0.3, 0.4) is 0 Å². The second-order valence-corrected chi connectivity index (χ2v) is 6.48. The predicted octanol–water partition coefficient (Wildman–Crippen LogP) is 5.46. The Bertz CT molecular complexity index is 630. The van der Waals surface area contributed by atoms with Gasteiger partial charge in [-0.25, -0.2) is 0 Å². The van der Waals surface area contributed by atoms with E-state index < -0.39 is 12.3 Å². The molecule has 0 radical (unpaired) electrons. The molecule has 0 saturated carbocycles. The average Bonchev–Trinajstić information content (AvgIpc) is 2.56. The van der Waals surface area contributed by atoms with Crippen LogP contribution in [0.15, 0.2) is 48.5 Å². The third-order valence-corrected chi connectivity index (χ3v) is 3.34. The number of halogens is 3. The van der Waals surface area contributed by atoms with E-state index in [1.165, 1.54) is 17.7 Å². The molecule has 0 aromatic heterocycles. The summed E-state index contributed by atoms with van der Waals surface area (Å²) in [6.07, 6.45) is -7.07. The number of alkyl halides is 3. The van der Waals surface area contributed by atoms with Crippen LogP contribution in [-0.4, -0.2) is 11.3 Å². The van der Waals surface area contributed by atoms with E-state index in [9.17, 15) is 13.2 Å². The summed E-state index contributed by atoms with van der Waals surface area (Å²) in [6.45, 7) is 10.6. The van der Waals surface area contributed by atoms with E-state index in [-0.39, 0.29) is 11.0 Å². The first-order valence-corrected chi connectivity index (χ1v) is 8.37. The smallest absolute Gasteiger partial charge is 0.399 e. The standard InChI is InChI=1S/C10H15N.C8H8F3NO.C2H6/c1-10(2,3)8-4-6-9(11)7-5-8;9-8(10,11)7(13)5-1-3-6(12)4-2-5;1-2/h4-7H,11H2,1-3H3;1-4,7,13H,12H2;1-2H3. The normalized spacial score (nSPS) is 12.2. The van der Waals surface area contributed by atoms with Crippen LogP contribution >= 0.6 is 0 Å². The molecule has 0 spiro atoms. The minimum atomic E-state index is -4.63. The van der Waals surface area contributed by atoms with Crippen molar-refractivity contribution in [3.8, 4) is 0 Å². The SMILES string of the molecule is CC.CC(C)(C)c1ccc(N)cc1.Nc1ccc(C(O)C(F)(F)F)cc1. The lowest BCUT2D eigenvalue weighted by molar-refractivity contribution is -0.206. The van der Waals surface area contributed by atoms with E-state index >= 15 is 0 Å². The molecule has 5 N–H and O–H groups in total. The Morgan fingerprint density at radius 1 is 0.769 bits per heavy atom. The molecule has 0 heterocycles. The zero-order valence-electron chi connectivity index (χ0n) is 15.9. The van der Waals surface area contributed by atoms with E-state index in [1.54, 1.807) is 0 Å². The maximum Gasteiger partial charge on any atom is 0.418 e. The summed E-state index contributed by atoms with van der Waals surface area (Å²) in [6, 6.07) is 13.0. The molecule has 2 rings (SSSR count). The van der Waals surface area contributed by atoms with Crippen molar-refractivity contribution in [1.29, 1.82) is 0 Å². The lowest BCUT2D eigenvalue weighted by atomic mass is 9.87. The topological polar surface area (TPSA) is 72.3 Å². The van der Waals surface area contributed by atoms with Gasteiger partial charge in [-0.3, -0.25) is 0 Å². The zero-order valence-corrected chi connectivity index (χ0v) is 15.9. The van der Waals surface area contributed by atoms with Crippen LogP contribution < -0.4 is 11.5 Å². The number of nitrogen functional groups attached to an aromatic ring is 2. The van der Waals surface area contributed by atoms with E-state index in [4.69, 9.17) is 16.6 Å². The van der Waals surface area contributed by atoms with Crippen LogP contribution in [0, 0.1) is 0 Å². The molecule has 2 aromatic carbocycles. The van der Waals surface area contributed by atoms with Gasteiger partial charge in [-0.15, -0.1) is 0 Å². The van der Waals surface area contributed by atoms with E-state index in [2.05, 4.69) is 32.9 Å². The van der Waals surface area contributed by atoms with Crippen LogP contribution in [0.25, 0.3) is 0 Å². The zero-order chi connectivity index (χ0) is 20.5. The molecular formula is C20H29F3N2O. The van der Waals surface area contributed by atoms with E-state index in [1.807, 2.05) is 26.0 Å². The van der Waals surface area contributed by atoms with Crippen molar-refractivity contribution in [1.82, 2.24) is 0 Å². The highest BCUT2D eigenvalue weighted by Crippen LogP contribution is 2.32. The van der Waals surface area contributed by atoms with Crippen molar-refractivity contribution in [2.45, 2.75) is 52.3 Å². The molecule has 1 atom stereocenters. The molecule has 3 nitrogen and oxygen atoms in total. The van der Waals surface area contributed by atoms with Gasteiger partial charge >= 0.3 is 6.18 Å². The fraction of sp³-hybridized carbons (Fsp3) is 0.400. The van der Waals surface area contributed by atoms with Crippen molar-refractivity contribution < 1.29 is 18.3 Å². The van der Waals surface area contributed by atoms with Gasteiger partial charge in [-0.2, -0.15) is 13.2 Å². The molecule has 0 amide bonds. The monoisotopic (exact) mass is 370 g/mol. The summed E-state index contributed by atoms with van der Waals surface area (Å²) in [5.41, 5.74) is 13.4. The Morgan fingerprint density at radius 2 is 1.12 bits per heavy atom. The van der Waals surface area contributed by atoms with Gasteiger partial charge in [0.2, 0.25) is 0 Å². The third kappa shape index (κ3) is 8.25. The summed E-state index contributed by atoms with van der Waals surface area (Å²) in [7, 11) is 0. The number of benzene rings is 2. The quantitative estimate of drug-likeness (QED) is 0.584. The first kappa shape index (κ1) is 23.8. The Labute approximate surface area is 153 Å². The van der Waals surface area contributed by atoms with Crippen molar-refractivity contribution in [3.63, 3.8) is 0 Å². The summed E-state index contributed by atoms with van der Waals surface area (Å²) in [4.78, 5) is 0. The summed E-state index contributed by atoms with van der Waals surface area (Å²) < 4.78 is 35.9. The van der Waals surface area contributed by atoms with Gasteiger partial charge in [-0.05, 0) is 40.8 Å². The first-order valence-electron chi connectivity index (χ1n) is 8.37. The number of nitrogens with two attached hydrogens (primary N) is 2. The summed E-state index contributed by atoms with van der Waals surface area (Å²) >= 11 is 0. The molecule has 0 aliphatic carbocycles. The Balaban J connectivity index is 0.000000444. The van der Waals surface area contributed by atoms with E-state index in [0.29, 0.717) is 5.69 Å². The van der Waals surface area contributed by atoms with Crippen molar-refractivity contribution in [2.24, 2.45) is 0 Å². The average molecular weight is 370 g/mol. The number of hydrogen-bond acceptors (Lipinski definition) is 3. The summed E-state index contributed by atoms with van der Waals surface area (Å²) in [5.74, 6) is 0. The van der Waals surface area contributed by atoms with Gasteiger partial charge in [0.1, 0.15) is 0 Å². The highest BCUT2D eigenvalue weighted by Gasteiger charge is 2.39. The fourth-order valence-electron chi connectivity index (χ4n) is 1.85. The predicted molar refractivity (Wildman–Crippen MR) is 103 cm³/mol. The minimum absolute atomic E-state index is 0.207. The minimum Gasteiger partial charge on any atom is -0.399 e. The fourth-order valence-corrected chi connectivity index (χ4v) is 1.85. The molecule has 1 unspecified atom stereocenters. The maximum atomic E-state index is 12.0. The summed E-state index contributed by atoms with van der Waals surface area (Å²) in [5, 5.41) is 8.78. The van der Waals surface area contributed by atoms with Crippen LogP contribution in [0.2, 0.25) is 0 Å². The third-order valence-electron chi connectivity index (χ3n) is 3.34. The van der Waals surface area contributed by atoms with Gasteiger partial charge in [0.15, 0.2) is 6.10 Å². The highest BCUT2D eigenvalue weighted by molar-refractivity contribution is 5.41. The Kier molecular flexibility index (Phi) is 9.21. The molecule has 26 heavy (non-hydrogen) atoms. The second kappa shape index (κ2) is 10.1. The van der Waals surface area contributed by atoms with Gasteiger partial charge in [0.25, 0.3) is 0 Å².